The van der Waals surface area contributed by atoms with Crippen LogP contribution in [0.5, 0.6) is 0 Å². The summed E-state index contributed by atoms with van der Waals surface area (Å²) in [7, 11) is 0. The van der Waals surface area contributed by atoms with Gasteiger partial charge in [0.2, 0.25) is 5.52 Å². The van der Waals surface area contributed by atoms with Crippen LogP contribution >= 0.6 is 0 Å². The first-order valence-corrected chi connectivity index (χ1v) is 7.68. The van der Waals surface area contributed by atoms with Gasteiger partial charge in [0.05, 0.1) is 0 Å². The number of rotatable bonds is 2. The largest absolute Gasteiger partial charge is 1.00 e. The summed E-state index contributed by atoms with van der Waals surface area (Å²) in [5, 5.41) is 2.60. The molecule has 0 aliphatic carbocycles. The lowest BCUT2D eigenvalue weighted by Crippen LogP contribution is -3.00. The van der Waals surface area contributed by atoms with Crippen molar-refractivity contribution in [1.29, 1.82) is 0 Å². The molecule has 0 saturated heterocycles. The molecule has 0 fully saturated rings. The van der Waals surface area contributed by atoms with Crippen molar-refractivity contribution in [2.45, 2.75) is 26.7 Å². The van der Waals surface area contributed by atoms with Crippen LogP contribution in [-0.4, -0.2) is 4.98 Å². The van der Waals surface area contributed by atoms with Gasteiger partial charge in [0, 0.05) is 34.0 Å². The highest BCUT2D eigenvalue weighted by molar-refractivity contribution is 6.10. The highest BCUT2D eigenvalue weighted by Gasteiger charge is 2.15. The summed E-state index contributed by atoms with van der Waals surface area (Å²) in [5.74, 6) is 0. The maximum absolute atomic E-state index is 3.59. The molecule has 4 aromatic rings. The SMILES string of the molecule is CCc1cc2c3[nH]c4ccccc4c3cc[n+]2cc1CC.[Br-]. The van der Waals surface area contributed by atoms with Gasteiger partial charge in [-0.1, -0.05) is 32.0 Å². The molecule has 0 aliphatic heterocycles. The van der Waals surface area contributed by atoms with Crippen molar-refractivity contribution in [3.05, 3.63) is 59.9 Å². The van der Waals surface area contributed by atoms with E-state index < -0.39 is 0 Å². The maximum Gasteiger partial charge on any atom is 0.235 e. The molecule has 2 nitrogen and oxygen atoms in total. The van der Waals surface area contributed by atoms with E-state index in [-0.39, 0.29) is 17.0 Å². The van der Waals surface area contributed by atoms with Gasteiger partial charge in [-0.05, 0) is 24.5 Å². The molecule has 0 amide bonds. The smallest absolute Gasteiger partial charge is 0.235 e. The third kappa shape index (κ3) is 2.12. The Bertz CT molecular complexity index is 969. The highest BCUT2D eigenvalue weighted by Crippen LogP contribution is 2.27. The summed E-state index contributed by atoms with van der Waals surface area (Å²) < 4.78 is 2.25. The second kappa shape index (κ2) is 5.73. The minimum atomic E-state index is 0. The number of halogens is 1. The first kappa shape index (κ1) is 15.0. The van der Waals surface area contributed by atoms with Gasteiger partial charge in [-0.3, -0.25) is 0 Å². The number of aromatic amines is 1. The van der Waals surface area contributed by atoms with Gasteiger partial charge in [-0.15, -0.1) is 0 Å². The Balaban J connectivity index is 0.00000144. The summed E-state index contributed by atoms with van der Waals surface area (Å²) in [6.07, 6.45) is 6.61. The number of H-pyrrole nitrogens is 1. The molecule has 0 radical (unpaired) electrons. The third-order valence-electron chi connectivity index (χ3n) is 4.46. The molecule has 0 unspecified atom stereocenters. The van der Waals surface area contributed by atoms with Gasteiger partial charge in [0.15, 0.2) is 12.4 Å². The number of nitrogens with zero attached hydrogens (tertiary/aromatic N) is 1. The third-order valence-corrected chi connectivity index (χ3v) is 4.46. The Morgan fingerprint density at radius 3 is 2.50 bits per heavy atom. The average molecular weight is 355 g/mol. The van der Waals surface area contributed by atoms with Gasteiger partial charge in [-0.2, -0.15) is 4.40 Å². The highest BCUT2D eigenvalue weighted by atomic mass is 79.9. The van der Waals surface area contributed by atoms with Gasteiger partial charge in [0.25, 0.3) is 0 Å². The van der Waals surface area contributed by atoms with Crippen LogP contribution in [0.4, 0.5) is 0 Å². The Kier molecular flexibility index (Phi) is 3.92. The van der Waals surface area contributed by atoms with Crippen LogP contribution in [0.25, 0.3) is 27.3 Å². The van der Waals surface area contributed by atoms with Crippen molar-refractivity contribution in [3.63, 3.8) is 0 Å². The summed E-state index contributed by atoms with van der Waals surface area (Å²) in [6, 6.07) is 13.1. The van der Waals surface area contributed by atoms with Gasteiger partial charge >= 0.3 is 0 Å². The van der Waals surface area contributed by atoms with E-state index >= 15 is 0 Å². The molecule has 0 saturated carbocycles. The number of benzene rings is 1. The van der Waals surface area contributed by atoms with Crippen LogP contribution in [-0.2, 0) is 12.8 Å². The van der Waals surface area contributed by atoms with Crippen LogP contribution in [0.2, 0.25) is 0 Å². The summed E-state index contributed by atoms with van der Waals surface area (Å²) in [5.41, 5.74) is 6.58. The van der Waals surface area contributed by atoms with Gasteiger partial charge in [0.1, 0.15) is 5.52 Å². The molecule has 0 spiro atoms. The molecule has 0 bridgehead atoms. The van der Waals surface area contributed by atoms with E-state index in [4.69, 9.17) is 0 Å². The van der Waals surface area contributed by atoms with Crippen LogP contribution in [0, 0.1) is 0 Å². The number of pyridine rings is 2. The number of hydrogen-bond acceptors (Lipinski definition) is 0. The Labute approximate surface area is 140 Å². The van der Waals surface area contributed by atoms with Crippen LogP contribution < -0.4 is 21.4 Å². The number of aromatic nitrogens is 2. The first-order valence-electron chi connectivity index (χ1n) is 7.68. The number of nitrogens with one attached hydrogen (secondary N) is 1. The Morgan fingerprint density at radius 2 is 1.73 bits per heavy atom. The number of hydrogen-bond donors (Lipinski definition) is 1. The average Bonchev–Trinajstić information content (AvgIpc) is 2.92. The first-order chi connectivity index (χ1) is 10.3. The van der Waals surface area contributed by atoms with Crippen molar-refractivity contribution in [2.24, 2.45) is 0 Å². The van der Waals surface area contributed by atoms with E-state index in [2.05, 4.69) is 72.0 Å². The topological polar surface area (TPSA) is 19.9 Å². The predicted octanol–water partition coefficient (Wildman–Crippen LogP) is 1.19. The standard InChI is InChI=1S/C19H18N2.BrH/c1-3-13-11-18-19-16(9-10-21(18)12-14(13)4-2)15-7-5-6-8-17(15)20-19;/h5-12H,3-4H2,1-2H3;1H. The molecule has 4 rings (SSSR count). The fourth-order valence-corrected chi connectivity index (χ4v) is 3.32. The lowest BCUT2D eigenvalue weighted by molar-refractivity contribution is -0.511. The number of para-hydroxylation sites is 1. The quantitative estimate of drug-likeness (QED) is 0.522. The van der Waals surface area contributed by atoms with E-state index in [0.29, 0.717) is 0 Å². The Morgan fingerprint density at radius 1 is 0.955 bits per heavy atom. The monoisotopic (exact) mass is 354 g/mol. The minimum absolute atomic E-state index is 0. The number of fused-ring (bicyclic) bond motifs is 5. The molecule has 0 atom stereocenters. The molecule has 1 aromatic carbocycles. The lowest BCUT2D eigenvalue weighted by atomic mass is 10.0. The molecule has 112 valence electrons. The second-order valence-electron chi connectivity index (χ2n) is 5.60. The number of aryl methyl sites for hydroxylation is 2. The zero-order chi connectivity index (χ0) is 14.4. The minimum Gasteiger partial charge on any atom is -1.00 e. The van der Waals surface area contributed by atoms with Crippen LogP contribution in [0.15, 0.2) is 48.8 Å². The molecule has 3 heterocycles. The second-order valence-corrected chi connectivity index (χ2v) is 5.60. The molecular weight excluding hydrogens is 336 g/mol. The van der Waals surface area contributed by atoms with Crippen molar-refractivity contribution in [2.75, 3.05) is 0 Å². The van der Waals surface area contributed by atoms with Crippen molar-refractivity contribution in [3.8, 4) is 0 Å². The fraction of sp³-hybridized carbons (Fsp3) is 0.211. The summed E-state index contributed by atoms with van der Waals surface area (Å²) >= 11 is 0. The van der Waals surface area contributed by atoms with Gasteiger partial charge in [-0.25, -0.2) is 0 Å². The molecule has 1 N–H and O–H groups in total. The van der Waals surface area contributed by atoms with Gasteiger partial charge < -0.3 is 22.0 Å². The van der Waals surface area contributed by atoms with E-state index in [9.17, 15) is 0 Å². The van der Waals surface area contributed by atoms with E-state index in [0.717, 1.165) is 12.8 Å². The molecule has 0 aliphatic rings. The molecular formula is C19H19BrN2. The van der Waals surface area contributed by atoms with Crippen LogP contribution in [0.3, 0.4) is 0 Å². The van der Waals surface area contributed by atoms with Crippen molar-refractivity contribution in [1.82, 2.24) is 4.98 Å². The van der Waals surface area contributed by atoms with Crippen molar-refractivity contribution < 1.29 is 21.4 Å². The fourth-order valence-electron chi connectivity index (χ4n) is 3.32. The predicted molar refractivity (Wildman–Crippen MR) is 87.7 cm³/mol. The molecule has 3 heteroatoms. The zero-order valence-electron chi connectivity index (χ0n) is 12.9. The summed E-state index contributed by atoms with van der Waals surface area (Å²) in [6.45, 7) is 4.46. The lowest BCUT2D eigenvalue weighted by Gasteiger charge is -2.03. The normalized spacial score (nSPS) is 11.2. The zero-order valence-corrected chi connectivity index (χ0v) is 14.4. The molecule has 3 aromatic heterocycles. The van der Waals surface area contributed by atoms with E-state index in [1.54, 1.807) is 0 Å². The van der Waals surface area contributed by atoms with E-state index in [1.165, 1.54) is 38.4 Å². The molecule has 22 heavy (non-hydrogen) atoms. The van der Waals surface area contributed by atoms with E-state index in [1.807, 2.05) is 0 Å². The van der Waals surface area contributed by atoms with Crippen LogP contribution in [0.1, 0.15) is 25.0 Å². The Hall–Kier alpha value is -1.87. The maximum atomic E-state index is 3.59. The summed E-state index contributed by atoms with van der Waals surface area (Å²) in [4.78, 5) is 3.59. The van der Waals surface area contributed by atoms with Crippen molar-refractivity contribution >= 4 is 27.3 Å².